The summed E-state index contributed by atoms with van der Waals surface area (Å²) in [7, 11) is -2.19. The van der Waals surface area contributed by atoms with Crippen molar-refractivity contribution >= 4 is 23.2 Å². The zero-order chi connectivity index (χ0) is 19.2. The molecule has 4 aromatic rings. The Bertz CT molecular complexity index is 1000. The molecule has 0 saturated carbocycles. The summed E-state index contributed by atoms with van der Waals surface area (Å²) in [4.78, 5) is 0. The fourth-order valence-electron chi connectivity index (χ4n) is 3.28. The van der Waals surface area contributed by atoms with Crippen molar-refractivity contribution in [2.24, 2.45) is 0 Å². The number of benzene rings is 4. The zero-order valence-electron chi connectivity index (χ0n) is 15.7. The first-order valence-electron chi connectivity index (χ1n) is 9.14. The summed E-state index contributed by atoms with van der Waals surface area (Å²) in [5, 5.41) is 3.63. The molecule has 0 nitrogen and oxygen atoms in total. The normalized spacial score (nSPS) is 10.4. The van der Waals surface area contributed by atoms with Gasteiger partial charge in [-0.25, -0.2) is 4.39 Å². The predicted octanol–water partition coefficient (Wildman–Crippen LogP) is 2.13. The van der Waals surface area contributed by atoms with Crippen LogP contribution < -0.4 is 28.3 Å². The second-order valence-corrected chi connectivity index (χ2v) is 9.54. The molecule has 0 radical (unpaired) electrons. The van der Waals surface area contributed by atoms with E-state index < -0.39 is 7.26 Å². The van der Waals surface area contributed by atoms with E-state index in [1.807, 2.05) is 18.2 Å². The molecule has 0 aliphatic heterocycles. The second kappa shape index (κ2) is 9.53. The van der Waals surface area contributed by atoms with Crippen molar-refractivity contribution in [3.63, 3.8) is 0 Å². The van der Waals surface area contributed by atoms with Crippen molar-refractivity contribution < 1.29 is 16.8 Å². The number of hydrogen-bond donors (Lipinski definition) is 0. The van der Waals surface area contributed by atoms with Gasteiger partial charge in [-0.2, -0.15) is 0 Å². The first-order chi connectivity index (χ1) is 13.8. The predicted molar refractivity (Wildman–Crippen MR) is 118 cm³/mol. The van der Waals surface area contributed by atoms with E-state index in [0.29, 0.717) is 0 Å². The van der Waals surface area contributed by atoms with E-state index in [4.69, 9.17) is 0 Å². The zero-order valence-corrected chi connectivity index (χ0v) is 17.3. The molecular weight excluding hydrogens is 398 g/mol. The molecular formula is C26H19ClFP. The lowest BCUT2D eigenvalue weighted by molar-refractivity contribution is -0.00000594. The summed E-state index contributed by atoms with van der Waals surface area (Å²) in [6.45, 7) is 0. The smallest absolute Gasteiger partial charge is 0.189 e. The first kappa shape index (κ1) is 20.8. The van der Waals surface area contributed by atoms with Gasteiger partial charge in [-0.3, -0.25) is 0 Å². The molecule has 0 amide bonds. The van der Waals surface area contributed by atoms with E-state index in [2.05, 4.69) is 84.4 Å². The largest absolute Gasteiger partial charge is 1.00 e. The Morgan fingerprint density at radius 1 is 0.517 bits per heavy atom. The Hall–Kier alpha value is -2.91. The minimum atomic E-state index is -2.19. The average molecular weight is 417 g/mol. The van der Waals surface area contributed by atoms with Gasteiger partial charge in [-0.05, 0) is 66.6 Å². The van der Waals surface area contributed by atoms with Gasteiger partial charge in [0.25, 0.3) is 0 Å². The van der Waals surface area contributed by atoms with Crippen LogP contribution in [0.2, 0.25) is 0 Å². The quantitative estimate of drug-likeness (QED) is 0.354. The van der Waals surface area contributed by atoms with Gasteiger partial charge in [-0.1, -0.05) is 54.6 Å². The molecule has 0 atom stereocenters. The molecule has 142 valence electrons. The van der Waals surface area contributed by atoms with Gasteiger partial charge in [-0.15, -0.1) is 0 Å². The molecule has 29 heavy (non-hydrogen) atoms. The van der Waals surface area contributed by atoms with E-state index >= 15 is 0 Å². The molecule has 0 unspecified atom stereocenters. The molecule has 0 spiro atoms. The summed E-state index contributed by atoms with van der Waals surface area (Å²) in [5.74, 6) is 3.09. The molecule has 4 aromatic carbocycles. The molecule has 0 saturated heterocycles. The fraction of sp³-hybridized carbons (Fsp3) is 0. The van der Waals surface area contributed by atoms with Crippen molar-refractivity contribution in [2.45, 2.75) is 0 Å². The lowest BCUT2D eigenvalue weighted by atomic mass is 10.2. The minimum Gasteiger partial charge on any atom is -1.00 e. The molecule has 0 aromatic heterocycles. The van der Waals surface area contributed by atoms with Crippen LogP contribution in [-0.4, -0.2) is 0 Å². The van der Waals surface area contributed by atoms with E-state index in [1.54, 1.807) is 12.1 Å². The van der Waals surface area contributed by atoms with E-state index in [-0.39, 0.29) is 18.2 Å². The average Bonchev–Trinajstić information content (AvgIpc) is 2.78. The summed E-state index contributed by atoms with van der Waals surface area (Å²) in [6.07, 6.45) is 0. The molecule has 4 rings (SSSR count). The number of rotatable bonds is 3. The van der Waals surface area contributed by atoms with Crippen LogP contribution in [0.4, 0.5) is 4.39 Å². The van der Waals surface area contributed by atoms with Gasteiger partial charge < -0.3 is 12.4 Å². The van der Waals surface area contributed by atoms with Gasteiger partial charge in [0.05, 0.1) is 5.66 Å². The Balaban J connectivity index is 0.00000240. The SMILES string of the molecule is Fc1ccc(C#C[P+](c2ccccc2)(c2ccccc2)c2ccccc2)cc1.[Cl-]. The Kier molecular flexibility index (Phi) is 6.84. The summed E-state index contributed by atoms with van der Waals surface area (Å²) in [5.41, 5.74) is 4.47. The maximum atomic E-state index is 13.3. The molecule has 0 aliphatic carbocycles. The Morgan fingerprint density at radius 3 is 1.28 bits per heavy atom. The second-order valence-electron chi connectivity index (χ2n) is 6.42. The highest BCUT2D eigenvalue weighted by atomic mass is 35.5. The van der Waals surface area contributed by atoms with Crippen LogP contribution in [0.15, 0.2) is 115 Å². The molecule has 0 bridgehead atoms. The highest BCUT2D eigenvalue weighted by Crippen LogP contribution is 2.54. The Labute approximate surface area is 178 Å². The van der Waals surface area contributed by atoms with Gasteiger partial charge in [0.1, 0.15) is 21.7 Å². The summed E-state index contributed by atoms with van der Waals surface area (Å²) >= 11 is 0. The van der Waals surface area contributed by atoms with E-state index in [1.165, 1.54) is 28.0 Å². The van der Waals surface area contributed by atoms with Gasteiger partial charge in [0.15, 0.2) is 7.26 Å². The van der Waals surface area contributed by atoms with Crippen molar-refractivity contribution in [2.75, 3.05) is 0 Å². The highest BCUT2D eigenvalue weighted by molar-refractivity contribution is 7.99. The fourth-order valence-corrected chi connectivity index (χ4v) is 6.71. The lowest BCUT2D eigenvalue weighted by Crippen LogP contribution is -3.00. The third-order valence-corrected chi connectivity index (χ3v) is 8.31. The lowest BCUT2D eigenvalue weighted by Gasteiger charge is -2.21. The van der Waals surface area contributed by atoms with Gasteiger partial charge >= 0.3 is 0 Å². The van der Waals surface area contributed by atoms with Crippen molar-refractivity contribution in [3.8, 4) is 11.6 Å². The van der Waals surface area contributed by atoms with Crippen LogP contribution in [0.3, 0.4) is 0 Å². The molecule has 0 N–H and O–H groups in total. The third-order valence-electron chi connectivity index (χ3n) is 4.64. The van der Waals surface area contributed by atoms with Crippen LogP contribution in [0.5, 0.6) is 0 Å². The first-order valence-corrected chi connectivity index (χ1v) is 10.9. The van der Waals surface area contributed by atoms with Crippen LogP contribution in [0, 0.1) is 17.4 Å². The van der Waals surface area contributed by atoms with E-state index in [9.17, 15) is 4.39 Å². The van der Waals surface area contributed by atoms with Gasteiger partial charge in [0.2, 0.25) is 0 Å². The van der Waals surface area contributed by atoms with Crippen molar-refractivity contribution in [3.05, 3.63) is 127 Å². The van der Waals surface area contributed by atoms with Crippen molar-refractivity contribution in [1.29, 1.82) is 0 Å². The molecule has 0 heterocycles. The monoisotopic (exact) mass is 416 g/mol. The summed E-state index contributed by atoms with van der Waals surface area (Å²) in [6, 6.07) is 37.8. The van der Waals surface area contributed by atoms with Crippen LogP contribution in [0.1, 0.15) is 5.56 Å². The van der Waals surface area contributed by atoms with Crippen LogP contribution >= 0.6 is 7.26 Å². The van der Waals surface area contributed by atoms with Gasteiger partial charge in [0, 0.05) is 5.56 Å². The molecule has 3 heteroatoms. The van der Waals surface area contributed by atoms with Crippen LogP contribution in [-0.2, 0) is 0 Å². The summed E-state index contributed by atoms with van der Waals surface area (Å²) < 4.78 is 13.3. The van der Waals surface area contributed by atoms with Crippen molar-refractivity contribution in [1.82, 2.24) is 0 Å². The standard InChI is InChI=1S/C26H19FP.ClH/c27-23-18-16-22(17-19-23)20-21-28(24-10-4-1-5-11-24,25-12-6-2-7-13-25)26-14-8-3-9-15-26;/h1-19H;1H/q+1;/p-1. The highest BCUT2D eigenvalue weighted by Gasteiger charge is 2.44. The van der Waals surface area contributed by atoms with E-state index in [0.717, 1.165) is 5.56 Å². The van der Waals surface area contributed by atoms with Crippen LogP contribution in [0.25, 0.3) is 0 Å². The Morgan fingerprint density at radius 2 is 0.897 bits per heavy atom. The molecule has 0 fully saturated rings. The third kappa shape index (κ3) is 4.41. The topological polar surface area (TPSA) is 0 Å². The maximum absolute atomic E-state index is 13.3. The maximum Gasteiger partial charge on any atom is 0.189 e. The number of hydrogen-bond acceptors (Lipinski definition) is 0. The number of halogens is 2. The minimum absolute atomic E-state index is 0. The molecule has 0 aliphatic rings.